The first-order valence-electron chi connectivity index (χ1n) is 39.6. The Balaban J connectivity index is 0.000000268. The molecule has 0 unspecified atom stereocenters. The molecule has 0 saturated heterocycles. The van der Waals surface area contributed by atoms with E-state index in [4.69, 9.17) is 23.2 Å². The summed E-state index contributed by atoms with van der Waals surface area (Å²) < 4.78 is 0. The second-order valence-corrected chi connectivity index (χ2v) is 39.3. The summed E-state index contributed by atoms with van der Waals surface area (Å²) in [6.07, 6.45) is 13.2. The number of nitrogens with two attached hydrogens (primary N) is 1. The number of ketones is 5. The Bertz CT molecular complexity index is 5980. The molecule has 1 aliphatic carbocycles. The van der Waals surface area contributed by atoms with Crippen molar-refractivity contribution in [1.29, 1.82) is 10.5 Å². The Hall–Kier alpha value is -11.3. The van der Waals surface area contributed by atoms with Gasteiger partial charge >= 0.3 is 29.6 Å². The van der Waals surface area contributed by atoms with Crippen LogP contribution in [0, 0.1) is 22.7 Å². The van der Waals surface area contributed by atoms with Gasteiger partial charge in [-0.3, -0.25) is 38.5 Å². The third-order valence-electron chi connectivity index (χ3n) is 17.1. The molecule has 16 aromatic rings. The van der Waals surface area contributed by atoms with E-state index in [0.29, 0.717) is 32.7 Å². The van der Waals surface area contributed by atoms with Crippen molar-refractivity contribution in [1.82, 2.24) is 15.0 Å². The monoisotopic (exact) mass is 2060 g/mol. The Morgan fingerprint density at radius 1 is 0.485 bits per heavy atom. The largest absolute Gasteiger partial charge is 1.00 e. The second-order valence-electron chi connectivity index (χ2n) is 26.3. The first kappa shape index (κ1) is 111. The van der Waals surface area contributed by atoms with Crippen LogP contribution in [0.15, 0.2) is 414 Å². The van der Waals surface area contributed by atoms with Crippen molar-refractivity contribution in [2.24, 2.45) is 5.73 Å². The van der Waals surface area contributed by atoms with Crippen molar-refractivity contribution >= 4 is 245 Å². The predicted molar refractivity (Wildman–Crippen MR) is 569 cm³/mol. The van der Waals surface area contributed by atoms with E-state index in [-0.39, 0.29) is 75.4 Å². The molecule has 0 bridgehead atoms. The van der Waals surface area contributed by atoms with Crippen LogP contribution in [0.2, 0.25) is 0 Å². The van der Waals surface area contributed by atoms with Crippen LogP contribution >= 0.6 is 139 Å². The van der Waals surface area contributed by atoms with Crippen LogP contribution in [-0.4, -0.2) is 88.2 Å². The van der Waals surface area contributed by atoms with E-state index in [0.717, 1.165) is 70.9 Å². The quantitative estimate of drug-likeness (QED) is 0.0141. The van der Waals surface area contributed by atoms with E-state index < -0.39 is 14.8 Å². The van der Waals surface area contributed by atoms with Gasteiger partial charge in [-0.2, -0.15) is 10.5 Å². The van der Waals surface area contributed by atoms with E-state index in [1.807, 2.05) is 215 Å². The van der Waals surface area contributed by atoms with E-state index in [2.05, 4.69) is 210 Å². The van der Waals surface area contributed by atoms with Crippen molar-refractivity contribution in [3.8, 4) is 12.1 Å². The summed E-state index contributed by atoms with van der Waals surface area (Å²) in [5, 5.41) is 38.3. The van der Waals surface area contributed by atoms with E-state index in [1.165, 1.54) is 78.6 Å². The molecule has 0 atom stereocenters. The Labute approximate surface area is 846 Å². The molecule has 1 aliphatic rings. The van der Waals surface area contributed by atoms with Crippen LogP contribution in [-0.2, 0) is 4.79 Å². The molecule has 6 aromatic heterocycles. The number of aldehydes is 2. The van der Waals surface area contributed by atoms with Gasteiger partial charge in [-0.15, -0.1) is 68.0 Å². The fraction of sp³-hybridized carbons (Fsp3) is 0.0571. The van der Waals surface area contributed by atoms with Gasteiger partial charge in [-0.05, 0) is 129 Å². The van der Waals surface area contributed by atoms with Gasteiger partial charge in [0.2, 0.25) is 11.6 Å². The summed E-state index contributed by atoms with van der Waals surface area (Å²) in [4.78, 5) is 91.5. The van der Waals surface area contributed by atoms with Crippen molar-refractivity contribution in [3.63, 3.8) is 0 Å². The topological polar surface area (TPSA) is 262 Å². The average molecular weight is 2060 g/mol. The molecular weight excluding hydrogens is 1970 g/mol. The third kappa shape index (κ3) is 40.4. The molecule has 0 fully saturated rings. The maximum Gasteiger partial charge on any atom is 1.00 e. The van der Waals surface area contributed by atoms with Crippen molar-refractivity contribution < 1.29 is 68.6 Å². The maximum atomic E-state index is 13.2. The zero-order valence-corrected chi connectivity index (χ0v) is 85.4. The number of hydrogen-bond acceptors (Lipinski definition) is 21. The van der Waals surface area contributed by atoms with Crippen LogP contribution in [0.25, 0.3) is 17.2 Å². The number of halogens is 2. The molecule has 660 valence electrons. The van der Waals surface area contributed by atoms with Gasteiger partial charge in [0.1, 0.15) is 24.4 Å². The predicted octanol–water partition coefficient (Wildman–Crippen LogP) is 21.9. The summed E-state index contributed by atoms with van der Waals surface area (Å²) >= 11 is 24.8. The minimum atomic E-state index is -2.26. The number of alkyl halides is 2. The molecule has 6 heterocycles. The van der Waals surface area contributed by atoms with Crippen LogP contribution < -0.4 is 67.1 Å². The van der Waals surface area contributed by atoms with Crippen LogP contribution in [0.3, 0.4) is 0 Å². The molecule has 14 nitrogen and oxygen atoms in total. The van der Waals surface area contributed by atoms with Crippen LogP contribution in [0.5, 0.6) is 0 Å². The number of nitriles is 2. The number of thiocarbonyl (C=S) groups is 2. The summed E-state index contributed by atoms with van der Waals surface area (Å²) in [7, 11) is -0.446. The normalized spacial score (nSPS) is 10.4. The number of nitrogens with zero attached hydrogens (tertiary/aromatic N) is 5. The first-order chi connectivity index (χ1) is 63.5. The van der Waals surface area contributed by atoms with Gasteiger partial charge in [0.25, 0.3) is 0 Å². The zero-order valence-electron chi connectivity index (χ0n) is 71.9. The number of thiophene rings is 3. The molecule has 0 aliphatic heterocycles. The number of thiazole rings is 3. The minimum absolute atomic E-state index is 0. The number of carbonyl (C=O) groups excluding carboxylic acids is 7. The molecular formula is C105H89Br2N6NaO8P2S8. The van der Waals surface area contributed by atoms with Crippen LogP contribution in [0.1, 0.15) is 102 Å². The molecule has 0 saturated carbocycles. The molecule has 17 rings (SSSR count). The van der Waals surface area contributed by atoms with Gasteiger partial charge in [-0.25, -0.2) is 9.97 Å². The number of Topliss-reactive ketones (excluding diaryl/α,β-unsaturated/α-hetero) is 4. The third-order valence-corrected chi connectivity index (χ3v) is 30.2. The van der Waals surface area contributed by atoms with Gasteiger partial charge in [0, 0.05) is 67.6 Å². The van der Waals surface area contributed by atoms with Gasteiger partial charge in [-0.1, -0.05) is 384 Å². The van der Waals surface area contributed by atoms with E-state index in [1.54, 1.807) is 95.5 Å². The Morgan fingerprint density at radius 3 is 1.20 bits per heavy atom. The fourth-order valence-corrected chi connectivity index (χ4v) is 21.6. The molecule has 0 amide bonds. The summed E-state index contributed by atoms with van der Waals surface area (Å²) in [5.74, 6) is 2.34. The summed E-state index contributed by atoms with van der Waals surface area (Å²) in [6.45, 7) is 0.853. The molecule has 0 spiro atoms. The Morgan fingerprint density at radius 2 is 0.886 bits per heavy atom. The number of allylic oxidation sites excluding steroid dienone is 5. The van der Waals surface area contributed by atoms with Crippen molar-refractivity contribution in [2.45, 2.75) is 26.7 Å². The number of rotatable bonds is 20. The van der Waals surface area contributed by atoms with Crippen LogP contribution in [0.4, 0.5) is 0 Å². The number of hydrogen-bond donors (Lipinski definition) is 1. The summed E-state index contributed by atoms with van der Waals surface area (Å²) in [5.41, 5.74) is 13.0. The molecule has 10 aromatic carbocycles. The maximum absolute atomic E-state index is 13.2. The van der Waals surface area contributed by atoms with Crippen molar-refractivity contribution in [2.75, 3.05) is 10.7 Å². The molecule has 0 radical (unpaired) electrons. The van der Waals surface area contributed by atoms with Gasteiger partial charge < -0.3 is 11.2 Å². The standard InChI is InChI=1S/C23H18NOPS.C18H15P.C17H11NS2.C13H10OS.2C7H6O.C6H6OS.C5H4BrNOS.C3H5BrO.C3H4N2S.C3H3NS.Na.H2O/c25-22(23-24-16-17-27-23)18-26(19-10-4-1-5-11-19,20-12-6-2-7-13-20)21-14-8-3-9-15-21;1-4-10-16(11-5-1)19(17-12-6-2-7-13-17)18-14-8-3-9-15-18;18-11-15-14(12-5-2-1-3-6-12)9-13(10-16(15)19)17-7-4-8-20-17;14-12(13-7-4-10-15-13)9-8-11-5-2-1-3-6-11;2*8-6-7-4-2-1-3-5-7;1-5(7)6-3-2-4-8-6;6-3-4(8)5-7-1-2-9-5;1-3(5)2-4;4-2-1-3(5)6;1-2-5-3-4-1;;/h1-18H;1-15H;1-9H,10H2;1-10H;2*1-6H;2-4H,1H3;1-2H,3H2;2H2,1H3;1H2,(H2,5,6);1-3H;;1H2/q;;;;;;;;;;;+1;/p-1/b;;;9-8+;;;;;;;;;. The first-order valence-corrected chi connectivity index (χ1v) is 51.2. The molecule has 132 heavy (non-hydrogen) atoms. The number of benzene rings is 10. The van der Waals surface area contributed by atoms with E-state index >= 15 is 0 Å². The molecule has 3 N–H and O–H groups in total. The van der Waals surface area contributed by atoms with E-state index in [9.17, 15) is 38.8 Å². The number of aromatic nitrogens is 3. The second kappa shape index (κ2) is 66.1. The fourth-order valence-electron chi connectivity index (χ4n) is 11.2. The zero-order chi connectivity index (χ0) is 93.0. The summed E-state index contributed by atoms with van der Waals surface area (Å²) in [6, 6.07) is 117. The number of carbonyl (C=O) groups is 7. The van der Waals surface area contributed by atoms with Gasteiger partial charge in [0.05, 0.1) is 49.0 Å². The SMILES string of the molecule is CC(=O)CBr.CC(=O)c1cccs1.N#CC1=C(c2ccccc2)C=C(c2cccs2)CC1=S.N#CCC(N)=S.O=C(/C=C/c1ccccc1)c1cccs1.O=C(C=P(c1ccccc1)(c1ccccc1)c1ccccc1)c1nccs1.O=C(CBr)c1nccs1.O=Cc1ccccc1.O=Cc1ccccc1.[Na+].[OH-].c1ccc(P(c2ccccc2)c2ccccc2)cc1.c1cscn1. The van der Waals surface area contributed by atoms with Crippen molar-refractivity contribution in [3.05, 3.63) is 461 Å². The Kier molecular flexibility index (Phi) is 55.7. The molecule has 27 heteroatoms. The minimum Gasteiger partial charge on any atom is -0.870 e. The smallest absolute Gasteiger partial charge is 0.870 e. The van der Waals surface area contributed by atoms with Gasteiger partial charge in [0.15, 0.2) is 21.6 Å². The average Bonchev–Trinajstić information content (AvgIpc) is 1.05.